The van der Waals surface area contributed by atoms with Gasteiger partial charge in [0.15, 0.2) is 14.9 Å². The number of sulfone groups is 1. The van der Waals surface area contributed by atoms with Crippen molar-refractivity contribution in [1.82, 2.24) is 4.98 Å². The molecule has 0 atom stereocenters. The molecular formula is C8H11BrN2O4S2. The molecule has 0 saturated carbocycles. The molecule has 0 saturated heterocycles. The Morgan fingerprint density at radius 1 is 1.29 bits per heavy atom. The number of aromatic nitrogens is 1. The van der Waals surface area contributed by atoms with Crippen LogP contribution in [0.1, 0.15) is 5.56 Å². The van der Waals surface area contributed by atoms with Crippen LogP contribution in [0.25, 0.3) is 0 Å². The van der Waals surface area contributed by atoms with Crippen molar-refractivity contribution < 1.29 is 16.8 Å². The first-order valence-corrected chi connectivity index (χ1v) is 8.64. The number of halogens is 1. The van der Waals surface area contributed by atoms with Gasteiger partial charge in [0.05, 0.1) is 16.0 Å². The maximum absolute atomic E-state index is 11.8. The summed E-state index contributed by atoms with van der Waals surface area (Å²) in [5.74, 6) is -1.21. The van der Waals surface area contributed by atoms with Gasteiger partial charge in [-0.2, -0.15) is 0 Å². The smallest absolute Gasteiger partial charge is 0.210 e. The fraction of sp³-hybridized carbons (Fsp3) is 0.375. The highest BCUT2D eigenvalue weighted by molar-refractivity contribution is 9.10. The minimum atomic E-state index is -3.81. The van der Waals surface area contributed by atoms with Gasteiger partial charge in [0.25, 0.3) is 0 Å². The average Bonchev–Trinajstić information content (AvgIpc) is 2.18. The zero-order valence-corrected chi connectivity index (χ0v) is 12.1. The Kier molecular flexibility index (Phi) is 4.28. The van der Waals surface area contributed by atoms with Crippen LogP contribution in [-0.4, -0.2) is 33.3 Å². The second-order valence-corrected chi connectivity index (χ2v) is 7.98. The van der Waals surface area contributed by atoms with Gasteiger partial charge in [0.2, 0.25) is 10.0 Å². The minimum Gasteiger partial charge on any atom is -0.244 e. The Balaban J connectivity index is 3.11. The summed E-state index contributed by atoms with van der Waals surface area (Å²) in [6.07, 6.45) is 1.35. The van der Waals surface area contributed by atoms with Gasteiger partial charge < -0.3 is 0 Å². The molecule has 2 N–H and O–H groups in total. The van der Waals surface area contributed by atoms with Gasteiger partial charge in [-0.1, -0.05) is 0 Å². The monoisotopic (exact) mass is 342 g/mol. The van der Waals surface area contributed by atoms with Crippen LogP contribution in [0.2, 0.25) is 0 Å². The molecule has 17 heavy (non-hydrogen) atoms. The van der Waals surface area contributed by atoms with E-state index in [0.717, 1.165) is 0 Å². The van der Waals surface area contributed by atoms with E-state index >= 15 is 0 Å². The molecule has 0 aromatic carbocycles. The molecule has 0 aliphatic rings. The van der Waals surface area contributed by atoms with E-state index in [2.05, 4.69) is 20.9 Å². The van der Waals surface area contributed by atoms with Crippen molar-refractivity contribution in [2.24, 2.45) is 5.14 Å². The van der Waals surface area contributed by atoms with Crippen LogP contribution in [0.4, 0.5) is 0 Å². The molecule has 0 aliphatic heterocycles. The number of hydrogen-bond acceptors (Lipinski definition) is 5. The largest absolute Gasteiger partial charge is 0.244 e. The fourth-order valence-electron chi connectivity index (χ4n) is 1.05. The Hall–Kier alpha value is -0.510. The predicted molar refractivity (Wildman–Crippen MR) is 66.7 cm³/mol. The lowest BCUT2D eigenvalue weighted by Crippen LogP contribution is -2.23. The normalized spacial score (nSPS) is 12.6. The van der Waals surface area contributed by atoms with Crippen LogP contribution in [0.3, 0.4) is 0 Å². The number of nitrogens with two attached hydrogens (primary N) is 1. The lowest BCUT2D eigenvalue weighted by atomic mass is 10.3. The first-order valence-electron chi connectivity index (χ1n) is 4.48. The molecule has 1 heterocycles. The van der Waals surface area contributed by atoms with E-state index in [1.54, 1.807) is 13.0 Å². The van der Waals surface area contributed by atoms with E-state index in [1.807, 2.05) is 0 Å². The molecule has 0 bridgehead atoms. The van der Waals surface area contributed by atoms with Gasteiger partial charge in [0.1, 0.15) is 0 Å². The zero-order chi connectivity index (χ0) is 13.3. The highest BCUT2D eigenvalue weighted by atomic mass is 79.9. The third-order valence-electron chi connectivity index (χ3n) is 1.98. The maximum atomic E-state index is 11.8. The van der Waals surface area contributed by atoms with Crippen molar-refractivity contribution in [1.29, 1.82) is 0 Å². The lowest BCUT2D eigenvalue weighted by Gasteiger charge is -2.06. The van der Waals surface area contributed by atoms with E-state index in [1.165, 1.54) is 6.20 Å². The molecule has 96 valence electrons. The third kappa shape index (κ3) is 4.02. The van der Waals surface area contributed by atoms with Crippen LogP contribution in [0, 0.1) is 6.92 Å². The molecule has 0 aliphatic carbocycles. The summed E-state index contributed by atoms with van der Waals surface area (Å²) in [5, 5.41) is 4.60. The summed E-state index contributed by atoms with van der Waals surface area (Å²) in [4.78, 5) is 3.74. The molecule has 9 heteroatoms. The van der Waals surface area contributed by atoms with Crippen molar-refractivity contribution >= 4 is 35.8 Å². The van der Waals surface area contributed by atoms with E-state index in [-0.39, 0.29) is 5.03 Å². The van der Waals surface area contributed by atoms with Crippen molar-refractivity contribution in [3.05, 3.63) is 22.3 Å². The molecular weight excluding hydrogens is 332 g/mol. The summed E-state index contributed by atoms with van der Waals surface area (Å²) in [5.41, 5.74) is 0.703. The molecule has 6 nitrogen and oxygen atoms in total. The van der Waals surface area contributed by atoms with Gasteiger partial charge in [-0.15, -0.1) is 0 Å². The fourth-order valence-corrected chi connectivity index (χ4v) is 4.68. The molecule has 0 fully saturated rings. The second kappa shape index (κ2) is 5.01. The van der Waals surface area contributed by atoms with Crippen molar-refractivity contribution in [3.8, 4) is 0 Å². The number of rotatable bonds is 4. The Morgan fingerprint density at radius 3 is 2.41 bits per heavy atom. The van der Waals surface area contributed by atoms with Gasteiger partial charge in [-0.25, -0.2) is 27.0 Å². The number of pyridine rings is 1. The van der Waals surface area contributed by atoms with Crippen LogP contribution in [0.5, 0.6) is 0 Å². The molecule has 1 aromatic rings. The summed E-state index contributed by atoms with van der Waals surface area (Å²) in [6.45, 7) is 1.71. The predicted octanol–water partition coefficient (Wildman–Crippen LogP) is 0.215. The third-order valence-corrected chi connectivity index (χ3v) is 5.92. The quantitative estimate of drug-likeness (QED) is 0.841. The average molecular weight is 343 g/mol. The number of hydrogen-bond donors (Lipinski definition) is 1. The number of aryl methyl sites for hydroxylation is 1. The van der Waals surface area contributed by atoms with Gasteiger partial charge in [0, 0.05) is 6.20 Å². The summed E-state index contributed by atoms with van der Waals surface area (Å²) in [7, 11) is -7.57. The minimum absolute atomic E-state index is 0.166. The zero-order valence-electron chi connectivity index (χ0n) is 8.92. The number of sulfonamides is 1. The van der Waals surface area contributed by atoms with Crippen LogP contribution in [0.15, 0.2) is 21.8 Å². The topological polar surface area (TPSA) is 107 Å². The molecule has 0 spiro atoms. The Labute approximate surface area is 108 Å². The summed E-state index contributed by atoms with van der Waals surface area (Å²) < 4.78 is 45.5. The lowest BCUT2D eigenvalue weighted by molar-refractivity contribution is 0.585. The highest BCUT2D eigenvalue weighted by Gasteiger charge is 2.22. The van der Waals surface area contributed by atoms with Crippen molar-refractivity contribution in [2.45, 2.75) is 11.9 Å². The number of nitrogens with zero attached hydrogens (tertiary/aromatic N) is 1. The first kappa shape index (κ1) is 14.6. The molecule has 0 amide bonds. The molecule has 0 radical (unpaired) electrons. The SMILES string of the molecule is Cc1ccnc(S(=O)(=O)CCS(N)(=O)=O)c1Br. The standard InChI is InChI=1S/C8H11BrN2O4S2/c1-6-2-3-11-8(7(6)9)16(12,13)4-5-17(10,14)15/h2-3H,4-5H2,1H3,(H2,10,14,15). The maximum Gasteiger partial charge on any atom is 0.210 e. The van der Waals surface area contributed by atoms with Crippen LogP contribution in [-0.2, 0) is 19.9 Å². The van der Waals surface area contributed by atoms with Crippen LogP contribution >= 0.6 is 15.9 Å². The Bertz CT molecular complexity index is 625. The summed E-state index contributed by atoms with van der Waals surface area (Å²) >= 11 is 3.11. The van der Waals surface area contributed by atoms with Crippen molar-refractivity contribution in [2.75, 3.05) is 11.5 Å². The van der Waals surface area contributed by atoms with E-state index in [0.29, 0.717) is 10.0 Å². The van der Waals surface area contributed by atoms with E-state index in [9.17, 15) is 16.8 Å². The van der Waals surface area contributed by atoms with E-state index in [4.69, 9.17) is 5.14 Å². The number of primary sulfonamides is 1. The highest BCUT2D eigenvalue weighted by Crippen LogP contribution is 2.23. The molecule has 1 rings (SSSR count). The first-order chi connectivity index (χ1) is 7.63. The second-order valence-electron chi connectivity index (χ2n) is 3.43. The van der Waals surface area contributed by atoms with Gasteiger partial charge in [-0.05, 0) is 34.5 Å². The van der Waals surface area contributed by atoms with Crippen LogP contribution < -0.4 is 5.14 Å². The van der Waals surface area contributed by atoms with Crippen molar-refractivity contribution in [3.63, 3.8) is 0 Å². The summed E-state index contributed by atoms with van der Waals surface area (Å²) in [6, 6.07) is 1.64. The molecule has 1 aromatic heterocycles. The van der Waals surface area contributed by atoms with Gasteiger partial charge >= 0.3 is 0 Å². The molecule has 0 unspecified atom stereocenters. The van der Waals surface area contributed by atoms with E-state index < -0.39 is 31.4 Å². The Morgan fingerprint density at radius 2 is 1.88 bits per heavy atom. The van der Waals surface area contributed by atoms with Gasteiger partial charge in [-0.3, -0.25) is 0 Å².